The van der Waals surface area contributed by atoms with E-state index in [1.165, 1.54) is 12.1 Å². The fourth-order valence-corrected chi connectivity index (χ4v) is 2.25. The van der Waals surface area contributed by atoms with E-state index in [9.17, 15) is 18.0 Å². The smallest absolute Gasteiger partial charge is 0.326 e. The van der Waals surface area contributed by atoms with Crippen molar-refractivity contribution in [3.8, 4) is 0 Å². The van der Waals surface area contributed by atoms with Crippen LogP contribution in [-0.2, 0) is 17.5 Å². The highest BCUT2D eigenvalue weighted by Crippen LogP contribution is 2.30. The van der Waals surface area contributed by atoms with E-state index in [1.807, 2.05) is 25.1 Å². The van der Waals surface area contributed by atoms with Crippen LogP contribution in [0.2, 0.25) is 0 Å². The molecule has 2 rings (SSSR count). The molecule has 0 radical (unpaired) electrons. The van der Waals surface area contributed by atoms with E-state index in [0.717, 1.165) is 23.3 Å². The number of alkyl halides is 3. The second-order valence-electron chi connectivity index (χ2n) is 5.54. The average Bonchev–Trinajstić information content (AvgIpc) is 2.51. The zero-order valence-corrected chi connectivity index (χ0v) is 13.3. The van der Waals surface area contributed by atoms with Crippen LogP contribution in [0.5, 0.6) is 0 Å². The Labute approximate surface area is 138 Å². The third-order valence-electron chi connectivity index (χ3n) is 3.41. The summed E-state index contributed by atoms with van der Waals surface area (Å²) >= 11 is 0. The number of halogens is 3. The molecule has 2 aromatic rings. The van der Waals surface area contributed by atoms with Crippen LogP contribution < -0.4 is 10.6 Å². The number of hydrogen-bond acceptors (Lipinski definition) is 2. The third kappa shape index (κ3) is 5.70. The molecule has 0 aromatic heterocycles. The molecule has 0 heterocycles. The number of hydrogen-bond donors (Lipinski definition) is 2. The van der Waals surface area contributed by atoms with Gasteiger partial charge in [0.05, 0.1) is 5.56 Å². The van der Waals surface area contributed by atoms with Crippen LogP contribution in [-0.4, -0.2) is 12.5 Å². The maximum Gasteiger partial charge on any atom is 0.416 e. The van der Waals surface area contributed by atoms with E-state index in [4.69, 9.17) is 0 Å². The van der Waals surface area contributed by atoms with Gasteiger partial charge in [-0.05, 0) is 30.7 Å². The second-order valence-corrected chi connectivity index (χ2v) is 5.54. The Morgan fingerprint density at radius 1 is 1.08 bits per heavy atom. The molecule has 0 aliphatic rings. The first-order chi connectivity index (χ1) is 11.3. The maximum absolute atomic E-state index is 12.6. The molecule has 0 aliphatic heterocycles. The van der Waals surface area contributed by atoms with Gasteiger partial charge in [0.25, 0.3) is 0 Å². The molecule has 3 nitrogen and oxygen atoms in total. The first kappa shape index (κ1) is 18.0. The molecule has 0 fully saturated rings. The van der Waals surface area contributed by atoms with Gasteiger partial charge in [-0.3, -0.25) is 4.79 Å². The molecule has 6 heteroatoms. The Balaban J connectivity index is 1.77. The zero-order chi connectivity index (χ0) is 17.6. The molecule has 0 spiro atoms. The lowest BCUT2D eigenvalue weighted by atomic mass is 10.1. The van der Waals surface area contributed by atoms with E-state index >= 15 is 0 Å². The Hall–Kier alpha value is -2.34. The van der Waals surface area contributed by atoms with E-state index in [-0.39, 0.29) is 18.0 Å². The Kier molecular flexibility index (Phi) is 5.98. The van der Waals surface area contributed by atoms with Crippen molar-refractivity contribution in [2.45, 2.75) is 26.1 Å². The van der Waals surface area contributed by atoms with Gasteiger partial charge < -0.3 is 10.6 Å². The summed E-state index contributed by atoms with van der Waals surface area (Å²) < 4.78 is 37.9. The predicted molar refractivity (Wildman–Crippen MR) is 87.6 cm³/mol. The van der Waals surface area contributed by atoms with Crippen LogP contribution >= 0.6 is 0 Å². The van der Waals surface area contributed by atoms with Crippen molar-refractivity contribution in [3.05, 3.63) is 65.2 Å². The number of anilines is 1. The van der Waals surface area contributed by atoms with Gasteiger partial charge in [0.15, 0.2) is 0 Å². The number of carbonyl (C=O) groups is 1. The second kappa shape index (κ2) is 7.97. The van der Waals surface area contributed by atoms with Crippen LogP contribution in [0.1, 0.15) is 23.1 Å². The summed E-state index contributed by atoms with van der Waals surface area (Å²) in [6.45, 7) is 3.09. The highest BCUT2D eigenvalue weighted by Gasteiger charge is 2.30. The SMILES string of the molecule is Cc1cccc(CNCCC(=O)Nc2cccc(C(F)(F)F)c2)c1. The fourth-order valence-electron chi connectivity index (χ4n) is 2.25. The lowest BCUT2D eigenvalue weighted by Crippen LogP contribution is -2.21. The number of carbonyl (C=O) groups excluding carboxylic acids is 1. The molecule has 2 N–H and O–H groups in total. The van der Waals surface area contributed by atoms with Gasteiger partial charge in [-0.1, -0.05) is 35.9 Å². The molecular formula is C18H19F3N2O. The molecule has 0 unspecified atom stereocenters. The minimum absolute atomic E-state index is 0.147. The van der Waals surface area contributed by atoms with E-state index in [2.05, 4.69) is 16.7 Å². The summed E-state index contributed by atoms with van der Waals surface area (Å²) in [5.41, 5.74) is 1.65. The summed E-state index contributed by atoms with van der Waals surface area (Å²) in [7, 11) is 0. The van der Waals surface area contributed by atoms with E-state index in [1.54, 1.807) is 0 Å². The number of nitrogens with one attached hydrogen (secondary N) is 2. The number of amides is 1. The molecular weight excluding hydrogens is 317 g/mol. The minimum atomic E-state index is -4.42. The molecule has 0 saturated carbocycles. The van der Waals surface area contributed by atoms with Crippen molar-refractivity contribution in [2.24, 2.45) is 0 Å². The Morgan fingerprint density at radius 3 is 2.54 bits per heavy atom. The third-order valence-corrected chi connectivity index (χ3v) is 3.41. The van der Waals surface area contributed by atoms with Crippen LogP contribution in [0.3, 0.4) is 0 Å². The highest BCUT2D eigenvalue weighted by molar-refractivity contribution is 5.90. The van der Waals surface area contributed by atoms with Crippen LogP contribution in [0.25, 0.3) is 0 Å². The van der Waals surface area contributed by atoms with Gasteiger partial charge in [0.1, 0.15) is 0 Å². The summed E-state index contributed by atoms with van der Waals surface area (Å²) in [6, 6.07) is 12.6. The van der Waals surface area contributed by atoms with E-state index in [0.29, 0.717) is 13.1 Å². The quantitative estimate of drug-likeness (QED) is 0.779. The van der Waals surface area contributed by atoms with Gasteiger partial charge in [-0.2, -0.15) is 13.2 Å². The topological polar surface area (TPSA) is 41.1 Å². The molecule has 2 aromatic carbocycles. The highest BCUT2D eigenvalue weighted by atomic mass is 19.4. The minimum Gasteiger partial charge on any atom is -0.326 e. The van der Waals surface area contributed by atoms with Crippen molar-refractivity contribution in [2.75, 3.05) is 11.9 Å². The largest absolute Gasteiger partial charge is 0.416 e. The van der Waals surface area contributed by atoms with Gasteiger partial charge in [-0.15, -0.1) is 0 Å². The van der Waals surface area contributed by atoms with Crippen molar-refractivity contribution in [1.29, 1.82) is 0 Å². The Morgan fingerprint density at radius 2 is 1.83 bits per heavy atom. The lowest BCUT2D eigenvalue weighted by Gasteiger charge is -2.10. The van der Waals surface area contributed by atoms with Gasteiger partial charge in [0, 0.05) is 25.2 Å². The summed E-state index contributed by atoms with van der Waals surface area (Å²) in [5.74, 6) is -0.328. The molecule has 128 valence electrons. The predicted octanol–water partition coefficient (Wildman–Crippen LogP) is 4.13. The number of benzene rings is 2. The van der Waals surface area contributed by atoms with Gasteiger partial charge >= 0.3 is 6.18 Å². The molecule has 24 heavy (non-hydrogen) atoms. The van der Waals surface area contributed by atoms with Crippen LogP contribution in [0.15, 0.2) is 48.5 Å². The van der Waals surface area contributed by atoms with Crippen molar-refractivity contribution >= 4 is 11.6 Å². The van der Waals surface area contributed by atoms with Crippen LogP contribution in [0.4, 0.5) is 18.9 Å². The monoisotopic (exact) mass is 336 g/mol. The normalized spacial score (nSPS) is 11.3. The first-order valence-corrected chi connectivity index (χ1v) is 7.58. The lowest BCUT2D eigenvalue weighted by molar-refractivity contribution is -0.137. The standard InChI is InChI=1S/C18H19F3N2O/c1-13-4-2-5-14(10-13)12-22-9-8-17(24)23-16-7-3-6-15(11-16)18(19,20)21/h2-7,10-11,22H,8-9,12H2,1H3,(H,23,24). The summed E-state index contributed by atoms with van der Waals surface area (Å²) in [4.78, 5) is 11.8. The van der Waals surface area contributed by atoms with Crippen LogP contribution in [0, 0.1) is 6.92 Å². The molecule has 0 aliphatic carbocycles. The maximum atomic E-state index is 12.6. The number of rotatable bonds is 6. The molecule has 0 atom stereocenters. The molecule has 0 bridgehead atoms. The average molecular weight is 336 g/mol. The van der Waals surface area contributed by atoms with Crippen molar-refractivity contribution in [3.63, 3.8) is 0 Å². The Bertz CT molecular complexity index is 699. The fraction of sp³-hybridized carbons (Fsp3) is 0.278. The van der Waals surface area contributed by atoms with Gasteiger partial charge in [0.2, 0.25) is 5.91 Å². The number of aryl methyl sites for hydroxylation is 1. The first-order valence-electron chi connectivity index (χ1n) is 7.58. The van der Waals surface area contributed by atoms with Crippen molar-refractivity contribution < 1.29 is 18.0 Å². The van der Waals surface area contributed by atoms with Crippen molar-refractivity contribution in [1.82, 2.24) is 5.32 Å². The molecule has 0 saturated heterocycles. The zero-order valence-electron chi connectivity index (χ0n) is 13.3. The summed E-state index contributed by atoms with van der Waals surface area (Å²) in [6.07, 6.45) is -4.24. The van der Waals surface area contributed by atoms with Gasteiger partial charge in [-0.25, -0.2) is 0 Å². The summed E-state index contributed by atoms with van der Waals surface area (Å²) in [5, 5.41) is 5.62. The van der Waals surface area contributed by atoms with E-state index < -0.39 is 11.7 Å². The molecule has 1 amide bonds.